The lowest BCUT2D eigenvalue weighted by molar-refractivity contribution is -0.143. The zero-order valence-electron chi connectivity index (χ0n) is 16.7. The number of likely N-dealkylation sites (tertiary alicyclic amines) is 1. The maximum atomic E-state index is 13.4. The van der Waals surface area contributed by atoms with E-state index in [0.29, 0.717) is 23.7 Å². The highest BCUT2D eigenvalue weighted by Crippen LogP contribution is 2.43. The van der Waals surface area contributed by atoms with Crippen LogP contribution in [0.2, 0.25) is 5.02 Å². The fraction of sp³-hybridized carbons (Fsp3) is 0.476. The standard InChI is InChI=1S/C21H27ClN2O4/c1-5-23(14-15(2)3)18(25)12-21(16-8-6-7-9-17(16)22)13-19(26)24(20(21)27)10-11-28-4/h6-9H,2,5,10-14H2,1,3-4H3. The first kappa shape index (κ1) is 22.1. The minimum absolute atomic E-state index is 0.0877. The highest BCUT2D eigenvalue weighted by atomic mass is 35.5. The Balaban J connectivity index is 2.46. The van der Waals surface area contributed by atoms with Crippen molar-refractivity contribution in [1.82, 2.24) is 9.80 Å². The third-order valence-corrected chi connectivity index (χ3v) is 5.29. The number of halogens is 1. The van der Waals surface area contributed by atoms with Crippen LogP contribution in [0.15, 0.2) is 36.4 Å². The number of likely N-dealkylation sites (N-methyl/N-ethyl adjacent to an activating group) is 1. The molecule has 0 aliphatic carbocycles. The van der Waals surface area contributed by atoms with Crippen LogP contribution in [0.25, 0.3) is 0 Å². The van der Waals surface area contributed by atoms with Gasteiger partial charge in [-0.25, -0.2) is 0 Å². The Hall–Kier alpha value is -2.18. The van der Waals surface area contributed by atoms with Crippen molar-refractivity contribution in [2.75, 3.05) is 33.4 Å². The molecule has 3 amide bonds. The number of ether oxygens (including phenoxy) is 1. The number of methoxy groups -OCH3 is 1. The summed E-state index contributed by atoms with van der Waals surface area (Å²) in [5, 5.41) is 0.369. The van der Waals surface area contributed by atoms with Gasteiger partial charge in [-0.05, 0) is 25.5 Å². The van der Waals surface area contributed by atoms with Gasteiger partial charge < -0.3 is 9.64 Å². The number of nitrogens with zero attached hydrogens (tertiary/aromatic N) is 2. The first-order valence-corrected chi connectivity index (χ1v) is 9.65. The maximum absolute atomic E-state index is 13.4. The van der Waals surface area contributed by atoms with Gasteiger partial charge in [0.25, 0.3) is 0 Å². The summed E-state index contributed by atoms with van der Waals surface area (Å²) < 4.78 is 5.02. The highest BCUT2D eigenvalue weighted by Gasteiger charge is 2.54. The van der Waals surface area contributed by atoms with Crippen LogP contribution in [0.5, 0.6) is 0 Å². The topological polar surface area (TPSA) is 66.9 Å². The molecule has 1 aromatic carbocycles. The monoisotopic (exact) mass is 406 g/mol. The number of hydrogen-bond acceptors (Lipinski definition) is 4. The number of carbonyl (C=O) groups is 3. The van der Waals surface area contributed by atoms with Crippen LogP contribution in [-0.4, -0.2) is 60.9 Å². The van der Waals surface area contributed by atoms with Crippen molar-refractivity contribution in [3.05, 3.63) is 47.0 Å². The maximum Gasteiger partial charge on any atom is 0.241 e. The quantitative estimate of drug-likeness (QED) is 0.467. The molecule has 28 heavy (non-hydrogen) atoms. The molecule has 1 heterocycles. The fourth-order valence-corrected chi connectivity index (χ4v) is 3.89. The van der Waals surface area contributed by atoms with E-state index < -0.39 is 11.3 Å². The van der Waals surface area contributed by atoms with Crippen LogP contribution >= 0.6 is 11.6 Å². The van der Waals surface area contributed by atoms with Crippen LogP contribution in [0.1, 0.15) is 32.3 Å². The number of carbonyl (C=O) groups excluding carboxylic acids is 3. The van der Waals surface area contributed by atoms with E-state index in [4.69, 9.17) is 16.3 Å². The summed E-state index contributed by atoms with van der Waals surface area (Å²) in [4.78, 5) is 41.9. The lowest BCUT2D eigenvalue weighted by atomic mass is 9.75. The van der Waals surface area contributed by atoms with E-state index in [2.05, 4.69) is 6.58 Å². The minimum Gasteiger partial charge on any atom is -0.383 e. The van der Waals surface area contributed by atoms with E-state index in [9.17, 15) is 14.4 Å². The Bertz CT molecular complexity index is 779. The number of rotatable bonds is 9. The lowest BCUT2D eigenvalue weighted by Crippen LogP contribution is -2.44. The van der Waals surface area contributed by atoms with Crippen molar-refractivity contribution in [3.8, 4) is 0 Å². The third kappa shape index (κ3) is 4.45. The number of amides is 3. The second kappa shape index (κ2) is 9.34. The summed E-state index contributed by atoms with van der Waals surface area (Å²) in [7, 11) is 1.51. The zero-order chi connectivity index (χ0) is 20.9. The summed E-state index contributed by atoms with van der Waals surface area (Å²) >= 11 is 6.39. The van der Waals surface area contributed by atoms with Gasteiger partial charge in [-0.3, -0.25) is 19.3 Å². The van der Waals surface area contributed by atoms with Gasteiger partial charge in [-0.1, -0.05) is 42.0 Å². The van der Waals surface area contributed by atoms with Gasteiger partial charge in [0.1, 0.15) is 0 Å². The molecule has 0 radical (unpaired) electrons. The van der Waals surface area contributed by atoms with E-state index in [1.807, 2.05) is 13.8 Å². The normalized spacial score (nSPS) is 19.2. The van der Waals surface area contributed by atoms with Gasteiger partial charge in [0.15, 0.2) is 0 Å². The first-order chi connectivity index (χ1) is 13.3. The average molecular weight is 407 g/mol. The summed E-state index contributed by atoms with van der Waals surface area (Å²) in [6.07, 6.45) is -0.207. The van der Waals surface area contributed by atoms with E-state index in [1.165, 1.54) is 12.0 Å². The summed E-state index contributed by atoms with van der Waals surface area (Å²) in [6, 6.07) is 6.90. The van der Waals surface area contributed by atoms with Gasteiger partial charge in [-0.15, -0.1) is 0 Å². The fourth-order valence-electron chi connectivity index (χ4n) is 3.57. The van der Waals surface area contributed by atoms with Crippen molar-refractivity contribution in [3.63, 3.8) is 0 Å². The molecule has 0 saturated carbocycles. The van der Waals surface area contributed by atoms with E-state index >= 15 is 0 Å². The summed E-state index contributed by atoms with van der Waals surface area (Å²) in [6.45, 7) is 8.86. The SMILES string of the molecule is C=C(C)CN(CC)C(=O)CC1(c2ccccc2Cl)CC(=O)N(CCOC)C1=O. The van der Waals surface area contributed by atoms with Gasteiger partial charge in [0, 0.05) is 38.1 Å². The predicted octanol–water partition coefficient (Wildman–Crippen LogP) is 2.80. The van der Waals surface area contributed by atoms with Crippen LogP contribution in [0.4, 0.5) is 0 Å². The molecule has 0 N–H and O–H groups in total. The molecule has 0 spiro atoms. The third-order valence-electron chi connectivity index (χ3n) is 4.97. The molecule has 1 aromatic rings. The van der Waals surface area contributed by atoms with Crippen molar-refractivity contribution < 1.29 is 19.1 Å². The Morgan fingerprint density at radius 3 is 2.61 bits per heavy atom. The van der Waals surface area contributed by atoms with Crippen LogP contribution in [-0.2, 0) is 24.5 Å². The second-order valence-corrected chi connectivity index (χ2v) is 7.53. The minimum atomic E-state index is -1.30. The molecule has 1 aliphatic heterocycles. The molecule has 1 fully saturated rings. The Morgan fingerprint density at radius 1 is 1.36 bits per heavy atom. The molecular formula is C21H27ClN2O4. The molecule has 2 rings (SSSR count). The molecule has 1 saturated heterocycles. The Morgan fingerprint density at radius 2 is 2.04 bits per heavy atom. The van der Waals surface area contributed by atoms with Crippen LogP contribution in [0.3, 0.4) is 0 Å². The average Bonchev–Trinajstić information content (AvgIpc) is 2.88. The summed E-state index contributed by atoms with van der Waals surface area (Å²) in [5.41, 5.74) is 0.0511. The second-order valence-electron chi connectivity index (χ2n) is 7.12. The van der Waals surface area contributed by atoms with E-state index in [0.717, 1.165) is 5.57 Å². The number of imide groups is 1. The molecular weight excluding hydrogens is 380 g/mol. The molecule has 6 nitrogen and oxygen atoms in total. The molecule has 1 atom stereocenters. The van der Waals surface area contributed by atoms with E-state index in [-0.39, 0.29) is 37.8 Å². The zero-order valence-corrected chi connectivity index (χ0v) is 17.4. The predicted molar refractivity (Wildman–Crippen MR) is 108 cm³/mol. The van der Waals surface area contributed by atoms with Gasteiger partial charge in [0.2, 0.25) is 17.7 Å². The highest BCUT2D eigenvalue weighted by molar-refractivity contribution is 6.32. The van der Waals surface area contributed by atoms with Crippen LogP contribution < -0.4 is 0 Å². The van der Waals surface area contributed by atoms with Crippen molar-refractivity contribution in [1.29, 1.82) is 0 Å². The Labute approximate surface area is 171 Å². The van der Waals surface area contributed by atoms with Crippen LogP contribution in [0, 0.1) is 0 Å². The molecule has 152 valence electrons. The van der Waals surface area contributed by atoms with E-state index in [1.54, 1.807) is 29.2 Å². The van der Waals surface area contributed by atoms with Gasteiger partial charge in [-0.2, -0.15) is 0 Å². The smallest absolute Gasteiger partial charge is 0.241 e. The number of benzene rings is 1. The first-order valence-electron chi connectivity index (χ1n) is 9.27. The molecule has 0 bridgehead atoms. The molecule has 1 unspecified atom stereocenters. The molecule has 0 aromatic heterocycles. The largest absolute Gasteiger partial charge is 0.383 e. The van der Waals surface area contributed by atoms with Gasteiger partial charge in [0.05, 0.1) is 18.6 Å². The molecule has 7 heteroatoms. The Kier molecular flexibility index (Phi) is 7.38. The van der Waals surface area contributed by atoms with Crippen molar-refractivity contribution in [2.24, 2.45) is 0 Å². The summed E-state index contributed by atoms with van der Waals surface area (Å²) in [5.74, 6) is -0.930. The molecule has 1 aliphatic rings. The lowest BCUT2D eigenvalue weighted by Gasteiger charge is -2.31. The van der Waals surface area contributed by atoms with Gasteiger partial charge >= 0.3 is 0 Å². The number of hydrogen-bond donors (Lipinski definition) is 0. The van der Waals surface area contributed by atoms with Crippen molar-refractivity contribution >= 4 is 29.3 Å². The van der Waals surface area contributed by atoms with Crippen molar-refractivity contribution in [2.45, 2.75) is 32.1 Å².